The molecule has 3 heterocycles. The predicted molar refractivity (Wildman–Crippen MR) is 128 cm³/mol. The van der Waals surface area contributed by atoms with Gasteiger partial charge in [0.15, 0.2) is 6.17 Å². The first-order valence-electron chi connectivity index (χ1n) is 9.96. The summed E-state index contributed by atoms with van der Waals surface area (Å²) >= 11 is 7.34. The first-order chi connectivity index (χ1) is 15.5. The Morgan fingerprint density at radius 3 is 2.84 bits per heavy atom. The number of methoxy groups -OCH3 is 1. The number of aromatic nitrogens is 1. The molecule has 1 aliphatic heterocycles. The van der Waals surface area contributed by atoms with Gasteiger partial charge in [-0.15, -0.1) is 11.3 Å². The van der Waals surface area contributed by atoms with E-state index < -0.39 is 6.17 Å². The Morgan fingerprint density at radius 2 is 2.16 bits per heavy atom. The number of nitrogens with zero attached hydrogens (tertiary/aromatic N) is 3. The summed E-state index contributed by atoms with van der Waals surface area (Å²) in [6.45, 7) is 1.79. The highest BCUT2D eigenvalue weighted by Crippen LogP contribution is 2.31. The third kappa shape index (κ3) is 5.25. The fourth-order valence-corrected chi connectivity index (χ4v) is 4.53. The SMILES string of the molecule is COc1ccc(-c2ccc(C=C(C3NCCN3CNc3ccc(Cl)nc3)[N+](=O)[O-])s2)cc1. The molecule has 1 aromatic carbocycles. The Kier molecular flexibility index (Phi) is 7.01. The zero-order valence-corrected chi connectivity index (χ0v) is 18.9. The molecule has 2 N–H and O–H groups in total. The van der Waals surface area contributed by atoms with Crippen LogP contribution in [0.2, 0.25) is 5.15 Å². The van der Waals surface area contributed by atoms with E-state index >= 15 is 0 Å². The molecule has 1 fully saturated rings. The molecule has 1 saturated heterocycles. The van der Waals surface area contributed by atoms with Gasteiger partial charge in [0, 0.05) is 28.9 Å². The first-order valence-corrected chi connectivity index (χ1v) is 11.2. The summed E-state index contributed by atoms with van der Waals surface area (Å²) in [7, 11) is 1.63. The molecule has 3 aromatic rings. The lowest BCUT2D eigenvalue weighted by atomic mass is 10.2. The van der Waals surface area contributed by atoms with Crippen molar-refractivity contribution in [2.24, 2.45) is 0 Å². The lowest BCUT2D eigenvalue weighted by Gasteiger charge is -2.22. The second-order valence-corrected chi connectivity index (χ2v) is 8.63. The van der Waals surface area contributed by atoms with Gasteiger partial charge in [-0.1, -0.05) is 11.6 Å². The minimum Gasteiger partial charge on any atom is -0.497 e. The number of nitrogens with one attached hydrogen (secondary N) is 2. The number of halogens is 1. The fraction of sp³-hybridized carbons (Fsp3) is 0.227. The molecule has 0 saturated carbocycles. The summed E-state index contributed by atoms with van der Waals surface area (Å²) < 4.78 is 5.20. The van der Waals surface area contributed by atoms with Crippen LogP contribution in [-0.4, -0.2) is 47.8 Å². The number of rotatable bonds is 8. The highest BCUT2D eigenvalue weighted by atomic mass is 35.5. The van der Waals surface area contributed by atoms with E-state index in [9.17, 15) is 10.1 Å². The van der Waals surface area contributed by atoms with Crippen molar-refractivity contribution >= 4 is 34.7 Å². The highest BCUT2D eigenvalue weighted by Gasteiger charge is 2.34. The second-order valence-electron chi connectivity index (χ2n) is 7.13. The first kappa shape index (κ1) is 22.2. The van der Waals surface area contributed by atoms with Crippen LogP contribution >= 0.6 is 22.9 Å². The Labute approximate surface area is 194 Å². The molecule has 32 heavy (non-hydrogen) atoms. The van der Waals surface area contributed by atoms with E-state index in [1.807, 2.05) is 47.4 Å². The molecule has 0 spiro atoms. The van der Waals surface area contributed by atoms with E-state index in [0.29, 0.717) is 24.9 Å². The van der Waals surface area contributed by atoms with Gasteiger partial charge < -0.3 is 10.1 Å². The summed E-state index contributed by atoms with van der Waals surface area (Å²) in [4.78, 5) is 19.5. The minimum absolute atomic E-state index is 0.113. The van der Waals surface area contributed by atoms with Crippen molar-refractivity contribution in [2.45, 2.75) is 6.17 Å². The van der Waals surface area contributed by atoms with Gasteiger partial charge in [0.2, 0.25) is 0 Å². The van der Waals surface area contributed by atoms with Crippen molar-refractivity contribution in [3.8, 4) is 16.2 Å². The van der Waals surface area contributed by atoms with E-state index in [1.165, 1.54) is 11.3 Å². The van der Waals surface area contributed by atoms with Gasteiger partial charge in [-0.25, -0.2) is 4.98 Å². The third-order valence-corrected chi connectivity index (χ3v) is 6.40. The van der Waals surface area contributed by atoms with Crippen LogP contribution in [0.15, 0.2) is 60.4 Å². The molecule has 0 amide bonds. The average molecular weight is 472 g/mol. The summed E-state index contributed by atoms with van der Waals surface area (Å²) in [5, 5.41) is 18.8. The van der Waals surface area contributed by atoms with Crippen LogP contribution in [0.5, 0.6) is 5.75 Å². The van der Waals surface area contributed by atoms with Crippen molar-refractivity contribution < 1.29 is 9.66 Å². The molecule has 1 atom stereocenters. The number of hydrogen-bond acceptors (Lipinski definition) is 8. The molecule has 166 valence electrons. The smallest absolute Gasteiger partial charge is 0.279 e. The maximum atomic E-state index is 11.9. The molecular weight excluding hydrogens is 450 g/mol. The van der Waals surface area contributed by atoms with Gasteiger partial charge in [-0.2, -0.15) is 0 Å². The van der Waals surface area contributed by atoms with Crippen molar-refractivity contribution in [3.63, 3.8) is 0 Å². The predicted octanol–water partition coefficient (Wildman–Crippen LogP) is 4.39. The monoisotopic (exact) mass is 471 g/mol. The van der Waals surface area contributed by atoms with Crippen molar-refractivity contribution in [3.05, 3.63) is 80.6 Å². The molecule has 10 heteroatoms. The Morgan fingerprint density at radius 1 is 1.34 bits per heavy atom. The number of pyridine rings is 1. The standard InChI is InChI=1S/C22H22ClN5O3S/c1-31-17-5-2-15(3-6-17)20-8-7-18(32-20)12-19(28(29)30)22-24-10-11-27(22)14-26-16-4-9-21(23)25-13-16/h2-9,12-13,22,24,26H,10-11,14H2,1H3. The molecule has 4 rings (SSSR count). The van der Waals surface area contributed by atoms with Gasteiger partial charge in [0.1, 0.15) is 10.9 Å². The fourth-order valence-electron chi connectivity index (χ4n) is 3.46. The maximum Gasteiger partial charge on any atom is 0.279 e. The van der Waals surface area contributed by atoms with E-state index in [2.05, 4.69) is 15.6 Å². The summed E-state index contributed by atoms with van der Waals surface area (Å²) in [5.41, 5.74) is 1.95. The number of hydrogen-bond donors (Lipinski definition) is 2. The van der Waals surface area contributed by atoms with Crippen LogP contribution in [0.4, 0.5) is 5.69 Å². The van der Waals surface area contributed by atoms with Gasteiger partial charge in [-0.3, -0.25) is 20.3 Å². The lowest BCUT2D eigenvalue weighted by molar-refractivity contribution is -0.431. The molecule has 0 aliphatic carbocycles. The lowest BCUT2D eigenvalue weighted by Crippen LogP contribution is -2.42. The van der Waals surface area contributed by atoms with Crippen LogP contribution in [0.1, 0.15) is 4.88 Å². The normalized spacial score (nSPS) is 16.8. The topological polar surface area (TPSA) is 92.6 Å². The number of ether oxygens (including phenoxy) is 1. The van der Waals surface area contributed by atoms with E-state index in [-0.39, 0.29) is 10.6 Å². The largest absolute Gasteiger partial charge is 0.497 e. The molecule has 1 unspecified atom stereocenters. The van der Waals surface area contributed by atoms with Crippen molar-refractivity contribution in [1.29, 1.82) is 0 Å². The Bertz CT molecular complexity index is 1100. The molecule has 0 radical (unpaired) electrons. The quantitative estimate of drug-likeness (QED) is 0.286. The number of nitro groups is 1. The van der Waals surface area contributed by atoms with Crippen molar-refractivity contribution in [1.82, 2.24) is 15.2 Å². The van der Waals surface area contributed by atoms with E-state index in [0.717, 1.165) is 26.8 Å². The Balaban J connectivity index is 1.50. The van der Waals surface area contributed by atoms with Crippen LogP contribution in [0, 0.1) is 10.1 Å². The van der Waals surface area contributed by atoms with Crippen LogP contribution in [0.25, 0.3) is 16.5 Å². The zero-order valence-electron chi connectivity index (χ0n) is 17.3. The molecule has 8 nitrogen and oxygen atoms in total. The van der Waals surface area contributed by atoms with E-state index in [4.69, 9.17) is 16.3 Å². The number of anilines is 1. The van der Waals surface area contributed by atoms with Gasteiger partial charge in [-0.05, 0) is 54.1 Å². The van der Waals surface area contributed by atoms with Crippen LogP contribution in [-0.2, 0) is 0 Å². The van der Waals surface area contributed by atoms with Crippen molar-refractivity contribution in [2.75, 3.05) is 32.2 Å². The van der Waals surface area contributed by atoms with Gasteiger partial charge in [0.05, 0.1) is 30.6 Å². The summed E-state index contributed by atoms with van der Waals surface area (Å²) in [6.07, 6.45) is 2.79. The average Bonchev–Trinajstić information content (AvgIpc) is 3.46. The molecule has 1 aliphatic rings. The zero-order chi connectivity index (χ0) is 22.5. The molecule has 2 aromatic heterocycles. The molecular formula is C22H22ClN5O3S. The third-order valence-electron chi connectivity index (χ3n) is 5.10. The highest BCUT2D eigenvalue weighted by molar-refractivity contribution is 7.16. The maximum absolute atomic E-state index is 11.9. The van der Waals surface area contributed by atoms with Crippen LogP contribution in [0.3, 0.4) is 0 Å². The van der Waals surface area contributed by atoms with E-state index in [1.54, 1.807) is 25.4 Å². The number of thiophene rings is 1. The summed E-state index contributed by atoms with van der Waals surface area (Å²) in [5.74, 6) is 0.788. The minimum atomic E-state index is -0.496. The van der Waals surface area contributed by atoms with Crippen LogP contribution < -0.4 is 15.4 Å². The summed E-state index contributed by atoms with van der Waals surface area (Å²) in [6, 6.07) is 15.2. The Hall–Kier alpha value is -2.98. The second kappa shape index (κ2) is 10.1. The molecule has 0 bridgehead atoms. The van der Waals surface area contributed by atoms with Gasteiger partial charge >= 0.3 is 0 Å². The van der Waals surface area contributed by atoms with Gasteiger partial charge in [0.25, 0.3) is 5.70 Å². The number of benzene rings is 1.